The third kappa shape index (κ3) is 3.54. The highest BCUT2D eigenvalue weighted by Gasteiger charge is 2.24. The zero-order valence-electron chi connectivity index (χ0n) is 10.2. The van der Waals surface area contributed by atoms with Crippen LogP contribution in [0, 0.1) is 15.9 Å². The van der Waals surface area contributed by atoms with Gasteiger partial charge >= 0.3 is 0 Å². The molecular formula is C10H12FN5O4. The van der Waals surface area contributed by atoms with Crippen molar-refractivity contribution in [1.82, 2.24) is 0 Å². The van der Waals surface area contributed by atoms with E-state index >= 15 is 0 Å². The van der Waals surface area contributed by atoms with Crippen molar-refractivity contribution in [2.24, 2.45) is 5.11 Å². The Morgan fingerprint density at radius 1 is 1.55 bits per heavy atom. The molecular weight excluding hydrogens is 273 g/mol. The van der Waals surface area contributed by atoms with Crippen LogP contribution < -0.4 is 5.73 Å². The van der Waals surface area contributed by atoms with Gasteiger partial charge in [-0.15, -0.1) is 0 Å². The summed E-state index contributed by atoms with van der Waals surface area (Å²) >= 11 is 0. The van der Waals surface area contributed by atoms with Gasteiger partial charge in [0.25, 0.3) is 5.69 Å². The number of nitro groups is 1. The first kappa shape index (κ1) is 15.6. The first-order valence-electron chi connectivity index (χ1n) is 5.48. The van der Waals surface area contributed by atoms with Crippen LogP contribution in [0.4, 0.5) is 15.8 Å². The summed E-state index contributed by atoms with van der Waals surface area (Å²) in [6.45, 7) is -0.0912. The largest absolute Gasteiger partial charge is 0.396 e. The Kier molecular flexibility index (Phi) is 5.21. The molecule has 2 atom stereocenters. The molecule has 0 aliphatic carbocycles. The van der Waals surface area contributed by atoms with E-state index in [0.29, 0.717) is 6.07 Å². The molecule has 0 amide bonds. The molecule has 108 valence electrons. The molecule has 0 fully saturated rings. The van der Waals surface area contributed by atoms with Crippen molar-refractivity contribution in [1.29, 1.82) is 0 Å². The minimum atomic E-state index is -1.63. The van der Waals surface area contributed by atoms with Gasteiger partial charge in [-0.1, -0.05) is 5.11 Å². The molecule has 4 N–H and O–H groups in total. The van der Waals surface area contributed by atoms with Crippen molar-refractivity contribution in [3.63, 3.8) is 0 Å². The molecule has 10 heteroatoms. The Hall–Kier alpha value is -2.42. The van der Waals surface area contributed by atoms with Crippen LogP contribution in [-0.4, -0.2) is 27.8 Å². The molecule has 0 saturated heterocycles. The topological polar surface area (TPSA) is 158 Å². The lowest BCUT2D eigenvalue weighted by molar-refractivity contribution is -0.385. The van der Waals surface area contributed by atoms with E-state index in [0.717, 1.165) is 6.07 Å². The summed E-state index contributed by atoms with van der Waals surface area (Å²) < 4.78 is 13.4. The van der Waals surface area contributed by atoms with Gasteiger partial charge in [0.05, 0.1) is 22.8 Å². The molecule has 0 radical (unpaired) electrons. The third-order valence-electron chi connectivity index (χ3n) is 2.63. The van der Waals surface area contributed by atoms with Crippen molar-refractivity contribution in [2.45, 2.75) is 18.6 Å². The van der Waals surface area contributed by atoms with Gasteiger partial charge in [-0.3, -0.25) is 10.1 Å². The molecule has 2 unspecified atom stereocenters. The molecule has 0 spiro atoms. The van der Waals surface area contributed by atoms with Crippen LogP contribution >= 0.6 is 0 Å². The van der Waals surface area contributed by atoms with Crippen molar-refractivity contribution in [3.05, 3.63) is 44.1 Å². The molecule has 0 heterocycles. The normalized spacial score (nSPS) is 13.3. The lowest BCUT2D eigenvalue weighted by atomic mass is 9.99. The highest BCUT2D eigenvalue weighted by atomic mass is 19.1. The predicted octanol–water partition coefficient (Wildman–Crippen LogP) is 1.41. The van der Waals surface area contributed by atoms with Crippen molar-refractivity contribution >= 4 is 11.4 Å². The van der Waals surface area contributed by atoms with Crippen LogP contribution in [0.5, 0.6) is 0 Å². The van der Waals surface area contributed by atoms with Gasteiger partial charge in [-0.25, -0.2) is 4.39 Å². The summed E-state index contributed by atoms with van der Waals surface area (Å²) in [5.74, 6) is -1.06. The first-order chi connectivity index (χ1) is 9.38. The summed E-state index contributed by atoms with van der Waals surface area (Å²) in [6.07, 6.45) is -3.13. The number of hydrogen-bond acceptors (Lipinski definition) is 6. The fourth-order valence-corrected chi connectivity index (χ4v) is 1.57. The monoisotopic (exact) mass is 285 g/mol. The average molecular weight is 285 g/mol. The minimum Gasteiger partial charge on any atom is -0.396 e. The summed E-state index contributed by atoms with van der Waals surface area (Å²) in [5, 5.41) is 33.3. The smallest absolute Gasteiger partial charge is 0.272 e. The van der Waals surface area contributed by atoms with Crippen LogP contribution in [0.2, 0.25) is 0 Å². The molecule has 0 saturated carbocycles. The Balaban J connectivity index is 3.04. The molecule has 1 rings (SSSR count). The maximum absolute atomic E-state index is 13.4. The number of nitrogen functional groups attached to an aromatic ring is 1. The van der Waals surface area contributed by atoms with Gasteiger partial charge in [0.15, 0.2) is 5.82 Å². The van der Waals surface area contributed by atoms with E-state index < -0.39 is 34.3 Å². The highest BCUT2D eigenvalue weighted by Crippen LogP contribution is 2.30. The Labute approximate surface area is 112 Å². The molecule has 0 bridgehead atoms. The minimum absolute atomic E-state index is 0.0912. The summed E-state index contributed by atoms with van der Waals surface area (Å²) in [4.78, 5) is 12.2. The van der Waals surface area contributed by atoms with Gasteiger partial charge in [0.2, 0.25) is 0 Å². The van der Waals surface area contributed by atoms with E-state index in [1.807, 2.05) is 0 Å². The number of non-ortho nitro benzene ring substituents is 1. The first-order valence-corrected chi connectivity index (χ1v) is 5.48. The molecule has 0 aromatic heterocycles. The Morgan fingerprint density at radius 2 is 2.20 bits per heavy atom. The Bertz CT molecular complexity index is 561. The molecule has 9 nitrogen and oxygen atoms in total. The quantitative estimate of drug-likeness (QED) is 0.180. The lowest BCUT2D eigenvalue weighted by Crippen LogP contribution is -2.20. The van der Waals surface area contributed by atoms with Gasteiger partial charge in [-0.2, -0.15) is 0 Å². The number of nitro benzene ring substituents is 1. The second-order valence-electron chi connectivity index (χ2n) is 3.94. The number of rotatable bonds is 6. The number of benzene rings is 1. The van der Waals surface area contributed by atoms with Gasteiger partial charge in [-0.05, 0) is 12.0 Å². The highest BCUT2D eigenvalue weighted by molar-refractivity contribution is 5.55. The maximum atomic E-state index is 13.4. The molecule has 1 aromatic rings. The number of aliphatic hydroxyl groups is 2. The zero-order chi connectivity index (χ0) is 15.3. The molecule has 0 aliphatic heterocycles. The average Bonchev–Trinajstić information content (AvgIpc) is 2.40. The number of aliphatic hydroxyl groups excluding tert-OH is 2. The van der Waals surface area contributed by atoms with E-state index in [1.165, 1.54) is 0 Å². The van der Waals surface area contributed by atoms with E-state index in [9.17, 15) is 24.7 Å². The molecule has 20 heavy (non-hydrogen) atoms. The second-order valence-corrected chi connectivity index (χ2v) is 3.94. The van der Waals surface area contributed by atoms with E-state index in [4.69, 9.17) is 11.3 Å². The van der Waals surface area contributed by atoms with Crippen LogP contribution in [0.25, 0.3) is 10.4 Å². The third-order valence-corrected chi connectivity index (χ3v) is 2.63. The fourth-order valence-electron chi connectivity index (χ4n) is 1.57. The number of anilines is 1. The second kappa shape index (κ2) is 6.66. The number of nitrogens with zero attached hydrogens (tertiary/aromatic N) is 4. The van der Waals surface area contributed by atoms with Crippen LogP contribution in [0.1, 0.15) is 18.1 Å². The van der Waals surface area contributed by atoms with Gasteiger partial charge < -0.3 is 15.9 Å². The number of nitrogens with two attached hydrogens (primary N) is 1. The Morgan fingerprint density at radius 3 is 2.75 bits per heavy atom. The van der Waals surface area contributed by atoms with E-state index in [2.05, 4.69) is 10.0 Å². The standard InChI is InChI=1S/C10H12FN5O4/c11-7-4-5(16(19)20)3-6(9(7)12)10(18)8(17)1-2-14-15-13/h3-4,8,10,17-18H,1-2,12H2. The van der Waals surface area contributed by atoms with E-state index in [-0.39, 0.29) is 18.5 Å². The van der Waals surface area contributed by atoms with Gasteiger partial charge in [0, 0.05) is 23.1 Å². The molecule has 0 aliphatic rings. The fraction of sp³-hybridized carbons (Fsp3) is 0.400. The van der Waals surface area contributed by atoms with Crippen molar-refractivity contribution in [3.8, 4) is 0 Å². The van der Waals surface area contributed by atoms with Crippen molar-refractivity contribution < 1.29 is 19.5 Å². The molecule has 1 aromatic carbocycles. The summed E-state index contributed by atoms with van der Waals surface area (Å²) in [5.41, 5.74) is 12.1. The SMILES string of the molecule is [N-]=[N+]=NCCC(O)C(O)c1cc([N+](=O)[O-])cc(F)c1N. The maximum Gasteiger partial charge on any atom is 0.272 e. The summed E-state index contributed by atoms with van der Waals surface area (Å²) in [6, 6.07) is 1.51. The van der Waals surface area contributed by atoms with Crippen LogP contribution in [0.3, 0.4) is 0 Å². The van der Waals surface area contributed by atoms with Crippen LogP contribution in [-0.2, 0) is 0 Å². The number of azide groups is 1. The lowest BCUT2D eigenvalue weighted by Gasteiger charge is -2.19. The van der Waals surface area contributed by atoms with Crippen LogP contribution in [0.15, 0.2) is 17.2 Å². The summed E-state index contributed by atoms with van der Waals surface area (Å²) in [7, 11) is 0. The number of hydrogen-bond donors (Lipinski definition) is 3. The van der Waals surface area contributed by atoms with Crippen molar-refractivity contribution in [2.75, 3.05) is 12.3 Å². The van der Waals surface area contributed by atoms with E-state index in [1.54, 1.807) is 0 Å². The predicted molar refractivity (Wildman–Crippen MR) is 67.1 cm³/mol. The zero-order valence-corrected chi connectivity index (χ0v) is 10.2. The number of halogens is 1. The van der Waals surface area contributed by atoms with Gasteiger partial charge in [0.1, 0.15) is 6.10 Å².